The number of amides is 3. The Balaban J connectivity index is 2.47. The fraction of sp³-hybridized carbons (Fsp3) is 0.556. The van der Waals surface area contributed by atoms with Crippen LogP contribution in [0.4, 0.5) is 4.79 Å². The van der Waals surface area contributed by atoms with Crippen LogP contribution in [0.3, 0.4) is 0 Å². The maximum Gasteiger partial charge on any atom is 0.319 e. The fourth-order valence-electron chi connectivity index (χ4n) is 1.24. The Kier molecular flexibility index (Phi) is 4.58. The molecule has 1 aromatic heterocycles. The number of hydrogen-bond acceptors (Lipinski definition) is 5. The van der Waals surface area contributed by atoms with Crippen LogP contribution in [0.2, 0.25) is 0 Å². The molecule has 94 valence electrons. The zero-order valence-electron chi connectivity index (χ0n) is 9.88. The van der Waals surface area contributed by atoms with Gasteiger partial charge < -0.3 is 10.6 Å². The molecule has 17 heavy (non-hydrogen) atoms. The molecule has 0 aliphatic rings. The number of nitrogens with zero attached hydrogens (tertiary/aromatic N) is 4. The summed E-state index contributed by atoms with van der Waals surface area (Å²) in [6.07, 6.45) is 2.38. The Morgan fingerprint density at radius 3 is 2.82 bits per heavy atom. The summed E-state index contributed by atoms with van der Waals surface area (Å²) < 4.78 is 1.55. The molecule has 0 saturated carbocycles. The molecule has 0 radical (unpaired) electrons. The van der Waals surface area contributed by atoms with Crippen LogP contribution < -0.4 is 11.1 Å². The maximum absolute atomic E-state index is 11.3. The van der Waals surface area contributed by atoms with E-state index in [9.17, 15) is 9.59 Å². The Morgan fingerprint density at radius 1 is 1.53 bits per heavy atom. The lowest BCUT2D eigenvalue weighted by Gasteiger charge is -2.07. The minimum absolute atomic E-state index is 0.0775. The first-order chi connectivity index (χ1) is 7.99. The molecule has 0 spiro atoms. The van der Waals surface area contributed by atoms with Crippen molar-refractivity contribution < 1.29 is 9.59 Å². The van der Waals surface area contributed by atoms with Crippen LogP contribution in [0.25, 0.3) is 0 Å². The van der Waals surface area contributed by atoms with E-state index in [4.69, 9.17) is 5.73 Å². The number of aromatic nitrogens is 3. The summed E-state index contributed by atoms with van der Waals surface area (Å²) in [5, 5.41) is 9.35. The summed E-state index contributed by atoms with van der Waals surface area (Å²) >= 11 is 0. The van der Waals surface area contributed by atoms with Gasteiger partial charge in [-0.25, -0.2) is 4.79 Å². The molecule has 8 nitrogen and oxygen atoms in total. The molecule has 0 aliphatic carbocycles. The van der Waals surface area contributed by atoms with E-state index in [1.54, 1.807) is 4.68 Å². The van der Waals surface area contributed by atoms with Crippen LogP contribution in [0, 0.1) is 0 Å². The number of nitrogens with two attached hydrogens (primary N) is 1. The quantitative estimate of drug-likeness (QED) is 0.689. The Labute approximate surface area is 98.8 Å². The summed E-state index contributed by atoms with van der Waals surface area (Å²) in [7, 11) is 3.96. The molecular weight excluding hydrogens is 224 g/mol. The molecule has 3 amide bonds. The molecule has 0 aliphatic heterocycles. The second-order valence-electron chi connectivity index (χ2n) is 3.84. The van der Waals surface area contributed by atoms with Gasteiger partial charge in [-0.1, -0.05) is 5.21 Å². The highest BCUT2D eigenvalue weighted by molar-refractivity contribution is 6.02. The lowest BCUT2D eigenvalue weighted by Crippen LogP contribution is -2.35. The van der Waals surface area contributed by atoms with Crippen LogP contribution in [-0.4, -0.2) is 52.5 Å². The molecule has 1 aromatic rings. The van der Waals surface area contributed by atoms with Crippen LogP contribution in [0.5, 0.6) is 0 Å². The van der Waals surface area contributed by atoms with E-state index >= 15 is 0 Å². The van der Waals surface area contributed by atoms with Gasteiger partial charge in [-0.3, -0.25) is 14.8 Å². The van der Waals surface area contributed by atoms with Gasteiger partial charge in [-0.05, 0) is 27.1 Å². The van der Waals surface area contributed by atoms with Crippen molar-refractivity contribution in [1.29, 1.82) is 0 Å². The molecule has 1 rings (SSSR count). The highest BCUT2D eigenvalue weighted by Gasteiger charge is 2.11. The first kappa shape index (κ1) is 13.1. The minimum Gasteiger partial charge on any atom is -0.351 e. The summed E-state index contributed by atoms with van der Waals surface area (Å²) in [5.74, 6) is -0.642. The van der Waals surface area contributed by atoms with Gasteiger partial charge >= 0.3 is 6.03 Å². The monoisotopic (exact) mass is 240 g/mol. The minimum atomic E-state index is -0.905. The van der Waals surface area contributed by atoms with Gasteiger partial charge in [0.05, 0.1) is 6.20 Å². The Bertz CT molecular complexity index is 400. The van der Waals surface area contributed by atoms with Gasteiger partial charge in [-0.2, -0.15) is 0 Å². The third kappa shape index (κ3) is 4.60. The number of nitrogens with one attached hydrogen (secondary N) is 1. The third-order valence-corrected chi connectivity index (χ3v) is 2.00. The first-order valence-electron chi connectivity index (χ1n) is 5.14. The van der Waals surface area contributed by atoms with Gasteiger partial charge in [-0.15, -0.1) is 5.10 Å². The molecule has 8 heteroatoms. The summed E-state index contributed by atoms with van der Waals surface area (Å²) in [5.41, 5.74) is 4.90. The number of carbonyl (C=O) groups excluding carboxylic acids is 2. The van der Waals surface area contributed by atoms with E-state index in [2.05, 4.69) is 15.2 Å². The van der Waals surface area contributed by atoms with Crippen molar-refractivity contribution in [2.24, 2.45) is 5.73 Å². The highest BCUT2D eigenvalue weighted by atomic mass is 16.2. The molecule has 3 N–H and O–H groups in total. The van der Waals surface area contributed by atoms with Crippen molar-refractivity contribution in [2.45, 2.75) is 13.0 Å². The number of urea groups is 1. The molecule has 1 heterocycles. The normalized spacial score (nSPS) is 10.5. The standard InChI is InChI=1S/C9H16N6O2/c1-14(2)4-3-5-15-6-7(12-13-15)8(16)11-9(10)17/h6H,3-5H2,1-2H3,(H3,10,11,16,17). The van der Waals surface area contributed by atoms with Crippen LogP contribution in [-0.2, 0) is 6.54 Å². The molecule has 0 atom stereocenters. The predicted octanol–water partition coefficient (Wildman–Crippen LogP) is -0.962. The number of carbonyl (C=O) groups is 2. The molecular formula is C9H16N6O2. The zero-order valence-corrected chi connectivity index (χ0v) is 9.88. The number of imide groups is 1. The summed E-state index contributed by atoms with van der Waals surface area (Å²) in [6.45, 7) is 1.58. The van der Waals surface area contributed by atoms with Crippen molar-refractivity contribution >= 4 is 11.9 Å². The Morgan fingerprint density at radius 2 is 2.24 bits per heavy atom. The molecule has 0 unspecified atom stereocenters. The summed E-state index contributed by atoms with van der Waals surface area (Å²) in [6, 6.07) is -0.905. The van der Waals surface area contributed by atoms with E-state index in [0.29, 0.717) is 6.54 Å². The number of hydrogen-bond donors (Lipinski definition) is 2. The third-order valence-electron chi connectivity index (χ3n) is 2.00. The molecule has 0 bridgehead atoms. The van der Waals surface area contributed by atoms with Gasteiger partial charge in [0.1, 0.15) is 0 Å². The topological polar surface area (TPSA) is 106 Å². The lowest BCUT2D eigenvalue weighted by molar-refractivity contribution is 0.0961. The second-order valence-corrected chi connectivity index (χ2v) is 3.84. The van der Waals surface area contributed by atoms with Crippen LogP contribution in [0.15, 0.2) is 6.20 Å². The van der Waals surface area contributed by atoms with Gasteiger partial charge in [0.25, 0.3) is 5.91 Å². The van der Waals surface area contributed by atoms with Crippen LogP contribution in [0.1, 0.15) is 16.9 Å². The van der Waals surface area contributed by atoms with E-state index in [1.807, 2.05) is 19.4 Å². The van der Waals surface area contributed by atoms with E-state index in [1.165, 1.54) is 6.20 Å². The Hall–Kier alpha value is -1.96. The maximum atomic E-state index is 11.3. The summed E-state index contributed by atoms with van der Waals surface area (Å²) in [4.78, 5) is 23.8. The molecule has 0 saturated heterocycles. The predicted molar refractivity (Wildman–Crippen MR) is 60.2 cm³/mol. The number of rotatable bonds is 5. The smallest absolute Gasteiger partial charge is 0.319 e. The second kappa shape index (κ2) is 5.94. The van der Waals surface area contributed by atoms with Crippen molar-refractivity contribution in [3.8, 4) is 0 Å². The number of primary amides is 1. The van der Waals surface area contributed by atoms with Crippen molar-refractivity contribution in [3.05, 3.63) is 11.9 Å². The van der Waals surface area contributed by atoms with Gasteiger partial charge in [0.15, 0.2) is 5.69 Å². The lowest BCUT2D eigenvalue weighted by atomic mass is 10.4. The van der Waals surface area contributed by atoms with Gasteiger partial charge in [0.2, 0.25) is 0 Å². The number of aryl methyl sites for hydroxylation is 1. The largest absolute Gasteiger partial charge is 0.351 e. The average Bonchev–Trinajstić information content (AvgIpc) is 2.64. The van der Waals surface area contributed by atoms with E-state index < -0.39 is 11.9 Å². The molecule has 0 fully saturated rings. The SMILES string of the molecule is CN(C)CCCn1cc(C(=O)NC(N)=O)nn1. The van der Waals surface area contributed by atoms with Gasteiger partial charge in [0, 0.05) is 6.54 Å². The van der Waals surface area contributed by atoms with Crippen molar-refractivity contribution in [2.75, 3.05) is 20.6 Å². The zero-order chi connectivity index (χ0) is 12.8. The van der Waals surface area contributed by atoms with E-state index in [0.717, 1.165) is 13.0 Å². The average molecular weight is 240 g/mol. The molecule has 0 aromatic carbocycles. The van der Waals surface area contributed by atoms with Crippen molar-refractivity contribution in [3.63, 3.8) is 0 Å². The first-order valence-corrected chi connectivity index (χ1v) is 5.14. The van der Waals surface area contributed by atoms with E-state index in [-0.39, 0.29) is 5.69 Å². The fourth-order valence-corrected chi connectivity index (χ4v) is 1.24. The highest BCUT2D eigenvalue weighted by Crippen LogP contribution is 1.95. The van der Waals surface area contributed by atoms with Crippen LogP contribution >= 0.6 is 0 Å². The van der Waals surface area contributed by atoms with Crippen molar-refractivity contribution in [1.82, 2.24) is 25.2 Å².